The van der Waals surface area contributed by atoms with Gasteiger partial charge in [-0.25, -0.2) is 0 Å². The average molecular weight is 2080 g/mol. The fourth-order valence-electron chi connectivity index (χ4n) is 12.2. The van der Waals surface area contributed by atoms with Crippen LogP contribution in [0, 0.1) is 23.7 Å². The van der Waals surface area contributed by atoms with E-state index in [9.17, 15) is 0 Å². The Balaban J connectivity index is 8.39. The van der Waals surface area contributed by atoms with Gasteiger partial charge in [0.1, 0.15) is 0 Å². The molecule has 3 atom stereocenters. The molecule has 0 spiro atoms. The van der Waals surface area contributed by atoms with Crippen LogP contribution in [0.25, 0.3) is 0 Å². The highest BCUT2D eigenvalue weighted by Gasteiger charge is 2.44. The molecule has 0 aromatic heterocycles. The maximum Gasteiger partial charge on any atom is 0.500 e. The van der Waals surface area contributed by atoms with Crippen LogP contribution in [0.3, 0.4) is 0 Å². The van der Waals surface area contributed by atoms with Crippen molar-refractivity contribution in [2.75, 3.05) is 128 Å². The van der Waals surface area contributed by atoms with Crippen molar-refractivity contribution in [3.63, 3.8) is 0 Å². The maximum atomic E-state index is 6.32. The molecule has 40 heteroatoms. The molecular formula is C75H156O15S20Si5. The molecule has 0 aromatic rings. The largest absolute Gasteiger partial charge is 0.500 e. The number of rotatable bonds is 89. The van der Waals surface area contributed by atoms with Crippen molar-refractivity contribution >= 4 is 250 Å². The molecular weight excluding hydrogens is 1920 g/mol. The summed E-state index contributed by atoms with van der Waals surface area (Å²) in [5, 5.41) is 0. The van der Waals surface area contributed by atoms with E-state index in [-0.39, 0.29) is 0 Å². The SMILES string of the molecule is CCO[Si](CCCSSSSC(SSSSCCC[Si](OCC)(OCC)OCC)=C(C)C(SSSSCCC[Si](OCC)(OCC)OCC)=C(SSSSCCC[Si](OCC)(OCC)OCC)C(SSSSCCC[Si](OCC)(OCC)OCC)=C(C)CCCC(C)CCCCC(C)CCCC(C)CCCC(C)C)(OCC)OCC. The first kappa shape index (κ1) is 122. The molecule has 0 N–H and O–H groups in total. The molecule has 0 bridgehead atoms. The van der Waals surface area contributed by atoms with Gasteiger partial charge in [0.2, 0.25) is 0 Å². The van der Waals surface area contributed by atoms with Crippen molar-refractivity contribution in [3.05, 3.63) is 30.1 Å². The summed E-state index contributed by atoms with van der Waals surface area (Å²) in [6.45, 7) is 56.3. The number of hydrogen-bond donors (Lipinski definition) is 0. The second kappa shape index (κ2) is 82.6. The van der Waals surface area contributed by atoms with Crippen LogP contribution in [0.2, 0.25) is 30.2 Å². The Morgan fingerprint density at radius 3 is 0.704 bits per heavy atom. The first-order valence-corrected chi connectivity index (χ1v) is 77.2. The molecule has 686 valence electrons. The zero-order valence-corrected chi connectivity index (χ0v) is 95.8. The summed E-state index contributed by atoms with van der Waals surface area (Å²) in [4.78, 5) is 4.00. The zero-order chi connectivity index (χ0) is 85.4. The Kier molecular flexibility index (Phi) is 87.4. The summed E-state index contributed by atoms with van der Waals surface area (Å²) in [7, 11) is 24.1. The lowest BCUT2D eigenvalue weighted by molar-refractivity contribution is 0.0704. The lowest BCUT2D eigenvalue weighted by atomic mass is 9.91. The topological polar surface area (TPSA) is 138 Å². The molecule has 115 heavy (non-hydrogen) atoms. The van der Waals surface area contributed by atoms with E-state index in [1.807, 2.05) is 310 Å². The van der Waals surface area contributed by atoms with Gasteiger partial charge in [0, 0.05) is 173 Å². The summed E-state index contributed by atoms with van der Waals surface area (Å²) in [5.41, 5.74) is 2.74. The van der Waals surface area contributed by atoms with E-state index in [4.69, 9.17) is 66.4 Å². The van der Waals surface area contributed by atoms with Gasteiger partial charge in [-0.3, -0.25) is 0 Å². The Morgan fingerprint density at radius 1 is 0.235 bits per heavy atom. The van der Waals surface area contributed by atoms with Gasteiger partial charge in [-0.15, -0.1) is 0 Å². The third kappa shape index (κ3) is 61.2. The highest BCUT2D eigenvalue weighted by atomic mass is 33.7. The smallest absolute Gasteiger partial charge is 0.374 e. The molecule has 0 saturated heterocycles. The van der Waals surface area contributed by atoms with E-state index < -0.39 is 44.0 Å². The van der Waals surface area contributed by atoms with Gasteiger partial charge in [0.25, 0.3) is 0 Å². The van der Waals surface area contributed by atoms with Crippen LogP contribution in [0.4, 0.5) is 0 Å². The Morgan fingerprint density at radius 2 is 0.452 bits per heavy atom. The normalized spacial score (nSPS) is 14.0. The molecule has 0 saturated carbocycles. The predicted octanol–water partition coefficient (Wildman–Crippen LogP) is 32.9. The van der Waals surface area contributed by atoms with Gasteiger partial charge in [-0.2, -0.15) is 0 Å². The van der Waals surface area contributed by atoms with Gasteiger partial charge >= 0.3 is 44.0 Å². The van der Waals surface area contributed by atoms with Crippen molar-refractivity contribution in [1.29, 1.82) is 0 Å². The van der Waals surface area contributed by atoms with E-state index in [1.165, 1.54) is 101 Å². The molecule has 3 unspecified atom stereocenters. The molecule has 0 aliphatic heterocycles. The molecule has 0 heterocycles. The molecule has 15 nitrogen and oxygen atoms in total. The van der Waals surface area contributed by atoms with Gasteiger partial charge in [0.15, 0.2) is 0 Å². The molecule has 0 radical (unpaired) electrons. The third-order valence-electron chi connectivity index (χ3n) is 17.2. The monoisotopic (exact) mass is 2080 g/mol. The highest BCUT2D eigenvalue weighted by Crippen LogP contribution is 2.63. The van der Waals surface area contributed by atoms with Crippen molar-refractivity contribution < 1.29 is 66.4 Å². The van der Waals surface area contributed by atoms with Crippen molar-refractivity contribution in [1.82, 2.24) is 0 Å². The number of hydrogen-bond acceptors (Lipinski definition) is 35. The van der Waals surface area contributed by atoms with Gasteiger partial charge in [-0.05, 0) is 344 Å². The minimum atomic E-state index is -2.79. The molecule has 0 aliphatic rings. The van der Waals surface area contributed by atoms with E-state index in [1.54, 1.807) is 0 Å². The number of unbranched alkanes of at least 4 members (excludes halogenated alkanes) is 1. The molecule has 0 fully saturated rings. The third-order valence-corrected chi connectivity index (χ3v) is 66.3. The molecule has 0 aromatic carbocycles. The summed E-state index contributed by atoms with van der Waals surface area (Å²) in [6, 6.07) is 3.99. The van der Waals surface area contributed by atoms with Gasteiger partial charge in [-0.1, -0.05) is 165 Å². The quantitative estimate of drug-likeness (QED) is 0.0247. The van der Waals surface area contributed by atoms with E-state index in [0.717, 1.165) is 122 Å². The Labute approximate surface area is 787 Å². The van der Waals surface area contributed by atoms with E-state index in [0.29, 0.717) is 105 Å². The van der Waals surface area contributed by atoms with Crippen LogP contribution in [0.5, 0.6) is 0 Å². The van der Waals surface area contributed by atoms with Crippen molar-refractivity contribution in [2.45, 2.75) is 298 Å². The van der Waals surface area contributed by atoms with Crippen LogP contribution in [-0.4, -0.2) is 172 Å². The first-order chi connectivity index (χ1) is 55.7. The van der Waals surface area contributed by atoms with Crippen molar-refractivity contribution in [3.8, 4) is 0 Å². The van der Waals surface area contributed by atoms with Crippen LogP contribution in [0.1, 0.15) is 268 Å². The van der Waals surface area contributed by atoms with Crippen molar-refractivity contribution in [2.24, 2.45) is 23.7 Å². The van der Waals surface area contributed by atoms with Crippen LogP contribution >= 0.6 is 206 Å². The first-order valence-electron chi connectivity index (χ1n) is 42.6. The second-order valence-corrected chi connectivity index (χ2v) is 70.8. The van der Waals surface area contributed by atoms with Crippen LogP contribution in [0.15, 0.2) is 30.1 Å². The fraction of sp³-hybridized carbons (Fsp3) is 0.920. The lowest BCUT2D eigenvalue weighted by Gasteiger charge is -2.28. The minimum Gasteiger partial charge on any atom is -0.374 e. The molecule has 0 aliphatic carbocycles. The van der Waals surface area contributed by atoms with E-state index >= 15 is 0 Å². The van der Waals surface area contributed by atoms with Gasteiger partial charge in [0.05, 0.1) is 4.24 Å². The predicted molar refractivity (Wildman–Crippen MR) is 561 cm³/mol. The van der Waals surface area contributed by atoms with E-state index in [2.05, 4.69) is 48.5 Å². The summed E-state index contributed by atoms with van der Waals surface area (Å²) < 4.78 is 95.8. The number of allylic oxidation sites excluding steroid dienone is 2. The van der Waals surface area contributed by atoms with Crippen LogP contribution < -0.4 is 0 Å². The fourth-order valence-corrected chi connectivity index (χ4v) is 59.9. The minimum absolute atomic E-state index is 0.576. The van der Waals surface area contributed by atoms with Gasteiger partial charge < -0.3 is 66.4 Å². The Hall–Kier alpha value is 6.70. The van der Waals surface area contributed by atoms with Crippen LogP contribution in [-0.2, 0) is 66.4 Å². The lowest BCUT2D eigenvalue weighted by Crippen LogP contribution is -2.46. The maximum absolute atomic E-state index is 6.32. The summed E-state index contributed by atoms with van der Waals surface area (Å²) >= 11 is 0. The highest BCUT2D eigenvalue weighted by molar-refractivity contribution is 9.30. The summed E-state index contributed by atoms with van der Waals surface area (Å²) in [5.74, 6) is 7.90. The zero-order valence-electron chi connectivity index (χ0n) is 74.5. The second-order valence-electron chi connectivity index (χ2n) is 27.1. The molecule has 0 rings (SSSR count). The standard InChI is InChI=1S/C75H156O15S20Si5/c1-23-76-111(77-24-2,78-25-3)61-43-56-91-101-106-96-72(70(21)55-42-54-68(19)50-39-38-49-67(18)52-41-53-69(20)51-40-48-66(16)17)74(98-108-103-93-58-45-63-113(82-29-7,83-30-8)84-31-9)73(97-107-102-92-57-44-62-112(79-26-4,80-27-5)81-28-6)71(22)75(99-109-104-94-59-46-64-114(85-32-10,86-33-11)87-34-12)100-110-105-95-60-47-65-115(88-35-13,89-36-14)90-37-15/h66-69H,23-65H2,1-22H3. The molecule has 0 amide bonds. The summed E-state index contributed by atoms with van der Waals surface area (Å²) in [6.07, 6.45) is 21.6. The Bertz CT molecular complexity index is 2220. The average Bonchev–Trinajstić information content (AvgIpc) is 0.821.